The van der Waals surface area contributed by atoms with Crippen molar-refractivity contribution < 1.29 is 23.3 Å². The van der Waals surface area contributed by atoms with Gasteiger partial charge >= 0.3 is 11.9 Å². The van der Waals surface area contributed by atoms with Crippen molar-refractivity contribution in [1.29, 1.82) is 0 Å². The molecular weight excluding hydrogens is 554 g/mol. The molecule has 4 aromatic rings. The van der Waals surface area contributed by atoms with Gasteiger partial charge in [0.25, 0.3) is 0 Å². The molecule has 0 fully saturated rings. The van der Waals surface area contributed by atoms with E-state index in [1.165, 1.54) is 6.92 Å². The summed E-state index contributed by atoms with van der Waals surface area (Å²) < 4.78 is 11.5. The molecule has 0 spiro atoms. The average molecular weight is 592 g/mol. The summed E-state index contributed by atoms with van der Waals surface area (Å²) in [6, 6.07) is 13.0. The molecule has 222 valence electrons. The fourth-order valence-corrected chi connectivity index (χ4v) is 4.94. The number of nitrogens with zero attached hydrogens (tertiary/aromatic N) is 5. The second-order valence-electron chi connectivity index (χ2n) is 11.7. The van der Waals surface area contributed by atoms with Gasteiger partial charge in [-0.25, -0.2) is 14.8 Å². The SMILES string of the molecule is C=S(OC(C)(C)C(C)(/C=C/c1ccc2ccc([C@@H](C)OC(C)=O)nc2c1)C(=O)On1nnc2ncccc21)C(C)(C)C. The summed E-state index contributed by atoms with van der Waals surface area (Å²) in [7, 11) is -0.741. The molecule has 1 aromatic carbocycles. The maximum absolute atomic E-state index is 14.0. The highest BCUT2D eigenvalue weighted by Crippen LogP contribution is 2.44. The first kappa shape index (κ1) is 31.0. The molecule has 0 aliphatic carbocycles. The Morgan fingerprint density at radius 3 is 2.48 bits per heavy atom. The number of benzene rings is 1. The van der Waals surface area contributed by atoms with Crippen LogP contribution in [0, 0.1) is 5.41 Å². The Balaban J connectivity index is 1.72. The molecule has 42 heavy (non-hydrogen) atoms. The quantitative estimate of drug-likeness (QED) is 0.133. The average Bonchev–Trinajstić information content (AvgIpc) is 3.32. The summed E-state index contributed by atoms with van der Waals surface area (Å²) in [5, 5.41) is 8.88. The smallest absolute Gasteiger partial charge is 0.347 e. The lowest BCUT2D eigenvalue weighted by Crippen LogP contribution is -2.51. The van der Waals surface area contributed by atoms with Gasteiger partial charge in [0.1, 0.15) is 11.5 Å². The predicted octanol–water partition coefficient (Wildman–Crippen LogP) is 5.88. The number of carbonyl (C=O) groups is 2. The molecule has 0 radical (unpaired) electrons. The number of fused-ring (bicyclic) bond motifs is 2. The summed E-state index contributed by atoms with van der Waals surface area (Å²) in [6.45, 7) is 14.7. The number of hydrogen-bond donors (Lipinski definition) is 0. The zero-order chi connectivity index (χ0) is 30.9. The van der Waals surface area contributed by atoms with Gasteiger partial charge in [-0.2, -0.15) is 0 Å². The molecule has 0 bridgehead atoms. The normalized spacial score (nSPS) is 15.4. The van der Waals surface area contributed by atoms with Crippen LogP contribution in [0.3, 0.4) is 0 Å². The van der Waals surface area contributed by atoms with E-state index in [-0.39, 0.29) is 10.7 Å². The molecule has 2 unspecified atom stereocenters. The number of carbonyl (C=O) groups excluding carboxylic acids is 2. The Kier molecular flexibility index (Phi) is 8.65. The standard InChI is InChI=1S/C31H37N5O5S/c1-20(39-21(2)37)24-15-14-23-13-12-22(19-25(23)33-24)16-17-31(8,30(6,7)41-42(9)29(3,4)5)28(38)40-36-26-11-10-18-32-27(26)34-35-36/h10-20H,9H2,1-8H3/b17-16+/t20-,31?,42?/m1/s1. The van der Waals surface area contributed by atoms with Crippen molar-refractivity contribution in [2.45, 2.75) is 71.8 Å². The van der Waals surface area contributed by atoms with E-state index >= 15 is 0 Å². The molecular formula is C31H37N5O5S. The zero-order valence-corrected chi connectivity index (χ0v) is 26.1. The van der Waals surface area contributed by atoms with Gasteiger partial charge in [-0.05, 0) is 89.4 Å². The first-order valence-electron chi connectivity index (χ1n) is 13.5. The molecule has 3 atom stereocenters. The van der Waals surface area contributed by atoms with Crippen LogP contribution >= 0.6 is 10.8 Å². The molecule has 0 saturated heterocycles. The molecule has 10 nitrogen and oxygen atoms in total. The van der Waals surface area contributed by atoms with Crippen molar-refractivity contribution in [3.8, 4) is 0 Å². The maximum Gasteiger partial charge on any atom is 0.347 e. The van der Waals surface area contributed by atoms with Crippen LogP contribution in [0.5, 0.6) is 0 Å². The van der Waals surface area contributed by atoms with E-state index in [1.807, 2.05) is 71.0 Å². The minimum atomic E-state index is -1.30. The molecule has 0 N–H and O–H groups in total. The van der Waals surface area contributed by atoms with Crippen molar-refractivity contribution in [3.63, 3.8) is 0 Å². The Morgan fingerprint density at radius 1 is 1.07 bits per heavy atom. The number of rotatable bonds is 9. The van der Waals surface area contributed by atoms with E-state index in [4.69, 9.17) is 18.7 Å². The third kappa shape index (κ3) is 6.57. The van der Waals surface area contributed by atoms with Crippen LogP contribution in [-0.4, -0.2) is 53.3 Å². The minimum Gasteiger partial charge on any atom is -0.456 e. The first-order valence-corrected chi connectivity index (χ1v) is 14.8. The van der Waals surface area contributed by atoms with Crippen LogP contribution in [0.15, 0.2) is 54.7 Å². The third-order valence-corrected chi connectivity index (χ3v) is 9.12. The molecule has 3 aromatic heterocycles. The van der Waals surface area contributed by atoms with Gasteiger partial charge in [0.15, 0.2) is 5.52 Å². The molecule has 0 aliphatic heterocycles. The van der Waals surface area contributed by atoms with Gasteiger partial charge < -0.3 is 13.8 Å². The Labute approximate surface area is 248 Å². The minimum absolute atomic E-state index is 0.245. The largest absolute Gasteiger partial charge is 0.456 e. The highest BCUT2D eigenvalue weighted by Gasteiger charge is 2.50. The summed E-state index contributed by atoms with van der Waals surface area (Å²) in [5.74, 6) is 3.26. The van der Waals surface area contributed by atoms with Gasteiger partial charge in [0.05, 0.1) is 16.8 Å². The molecule has 11 heteroatoms. The second-order valence-corrected chi connectivity index (χ2v) is 13.8. The van der Waals surface area contributed by atoms with E-state index in [1.54, 1.807) is 38.3 Å². The van der Waals surface area contributed by atoms with Crippen LogP contribution in [0.4, 0.5) is 0 Å². The molecule has 0 aliphatic rings. The monoisotopic (exact) mass is 591 g/mol. The van der Waals surface area contributed by atoms with E-state index in [9.17, 15) is 9.59 Å². The van der Waals surface area contributed by atoms with Crippen molar-refractivity contribution in [2.75, 3.05) is 0 Å². The van der Waals surface area contributed by atoms with Crippen molar-refractivity contribution in [3.05, 3.63) is 66.0 Å². The van der Waals surface area contributed by atoms with Gasteiger partial charge in [-0.3, -0.25) is 4.79 Å². The van der Waals surface area contributed by atoms with Gasteiger partial charge in [0, 0.05) is 23.3 Å². The summed E-state index contributed by atoms with van der Waals surface area (Å²) in [6.07, 6.45) is 4.73. The molecule has 0 saturated carbocycles. The fourth-order valence-electron chi connectivity index (χ4n) is 4.02. The summed E-state index contributed by atoms with van der Waals surface area (Å²) in [5.41, 5.74) is 0.647. The summed E-state index contributed by atoms with van der Waals surface area (Å²) in [4.78, 5) is 41.1. The second kappa shape index (κ2) is 11.7. The van der Waals surface area contributed by atoms with Gasteiger partial charge in [-0.15, -0.1) is 5.10 Å². The van der Waals surface area contributed by atoms with Crippen LogP contribution in [-0.2, 0) is 18.5 Å². The van der Waals surface area contributed by atoms with E-state index in [2.05, 4.69) is 21.2 Å². The molecule has 0 amide bonds. The molecule has 4 rings (SSSR count). The highest BCUT2D eigenvalue weighted by atomic mass is 32.2. The number of esters is 1. The molecule has 3 heterocycles. The third-order valence-electron chi connectivity index (χ3n) is 7.13. The number of hydrogen-bond acceptors (Lipinski definition) is 9. The highest BCUT2D eigenvalue weighted by molar-refractivity contribution is 8.11. The van der Waals surface area contributed by atoms with E-state index in [0.717, 1.165) is 21.3 Å². The summed E-state index contributed by atoms with van der Waals surface area (Å²) >= 11 is 0. The zero-order valence-electron chi connectivity index (χ0n) is 25.2. The topological polar surface area (TPSA) is 118 Å². The van der Waals surface area contributed by atoms with Crippen molar-refractivity contribution >= 4 is 56.7 Å². The Morgan fingerprint density at radius 2 is 1.79 bits per heavy atom. The van der Waals surface area contributed by atoms with Gasteiger partial charge in [-0.1, -0.05) is 46.0 Å². The van der Waals surface area contributed by atoms with Crippen molar-refractivity contribution in [1.82, 2.24) is 25.1 Å². The first-order chi connectivity index (χ1) is 19.6. The lowest BCUT2D eigenvalue weighted by atomic mass is 9.75. The van der Waals surface area contributed by atoms with E-state index < -0.39 is 33.9 Å². The van der Waals surface area contributed by atoms with Crippen LogP contribution < -0.4 is 4.84 Å². The lowest BCUT2D eigenvalue weighted by Gasteiger charge is -2.41. The van der Waals surface area contributed by atoms with Crippen LogP contribution in [0.25, 0.3) is 28.1 Å². The maximum atomic E-state index is 14.0. The van der Waals surface area contributed by atoms with Crippen LogP contribution in [0.2, 0.25) is 0 Å². The number of ether oxygens (including phenoxy) is 1. The van der Waals surface area contributed by atoms with Crippen molar-refractivity contribution in [2.24, 2.45) is 5.41 Å². The fraction of sp³-hybridized carbons (Fsp3) is 0.387. The van der Waals surface area contributed by atoms with E-state index in [0.29, 0.717) is 16.9 Å². The van der Waals surface area contributed by atoms with Crippen LogP contribution in [0.1, 0.15) is 72.8 Å². The number of aromatic nitrogens is 5. The Bertz CT molecular complexity index is 1690. The Hall–Kier alpha value is -3.96. The van der Waals surface area contributed by atoms with Gasteiger partial charge in [0.2, 0.25) is 5.65 Å². The number of pyridine rings is 2. The lowest BCUT2D eigenvalue weighted by molar-refractivity contribution is -0.162. The predicted molar refractivity (Wildman–Crippen MR) is 166 cm³/mol.